The zero-order valence-electron chi connectivity index (χ0n) is 13.6. The molecule has 0 radical (unpaired) electrons. The van der Waals surface area contributed by atoms with E-state index in [4.69, 9.17) is 16.7 Å². The first-order valence-electron chi connectivity index (χ1n) is 7.42. The number of benzene rings is 2. The first-order valence-corrected chi connectivity index (χ1v) is 10.1. The number of anilines is 1. The molecule has 2 aromatic carbocycles. The Morgan fingerprint density at radius 2 is 1.79 bits per heavy atom. The molecule has 0 aliphatic heterocycles. The second-order valence-corrected chi connectivity index (χ2v) is 9.08. The highest BCUT2D eigenvalue weighted by Gasteiger charge is 2.23. The zero-order chi connectivity index (χ0) is 20.6. The standard InChI is InChI=1S/C17H10ClF2NO5S2/c18-16-12(11-5-8(19)1-4-13(11)20)7-15(27-16)28(25,26)21-9-2-3-10(17(23)24)14(22)6-9/h1-7,21-22H,(H,23,24). The van der Waals surface area contributed by atoms with Gasteiger partial charge in [0.2, 0.25) is 0 Å². The van der Waals surface area contributed by atoms with Gasteiger partial charge >= 0.3 is 5.97 Å². The topological polar surface area (TPSA) is 104 Å². The van der Waals surface area contributed by atoms with Crippen LogP contribution in [0.25, 0.3) is 11.1 Å². The van der Waals surface area contributed by atoms with Gasteiger partial charge in [-0.1, -0.05) is 11.6 Å². The number of rotatable bonds is 5. The number of hydrogen-bond donors (Lipinski definition) is 3. The van der Waals surface area contributed by atoms with Crippen LogP contribution in [0.15, 0.2) is 46.7 Å². The highest BCUT2D eigenvalue weighted by molar-refractivity contribution is 7.94. The lowest BCUT2D eigenvalue weighted by Gasteiger charge is -2.07. The van der Waals surface area contributed by atoms with E-state index in [1.165, 1.54) is 0 Å². The molecule has 28 heavy (non-hydrogen) atoms. The number of halogens is 3. The average Bonchev–Trinajstić information content (AvgIpc) is 2.99. The normalized spacial score (nSPS) is 11.4. The molecular formula is C17H10ClF2NO5S2. The molecule has 0 aliphatic rings. The molecular weight excluding hydrogens is 436 g/mol. The molecule has 0 unspecified atom stereocenters. The Morgan fingerprint density at radius 1 is 1.07 bits per heavy atom. The summed E-state index contributed by atoms with van der Waals surface area (Å²) in [6.45, 7) is 0. The van der Waals surface area contributed by atoms with Gasteiger partial charge in [-0.2, -0.15) is 0 Å². The predicted octanol–water partition coefficient (Wildman–Crippen LogP) is 4.55. The number of phenols is 1. The number of aromatic hydroxyl groups is 1. The molecule has 0 bridgehead atoms. The minimum atomic E-state index is -4.19. The van der Waals surface area contributed by atoms with Crippen LogP contribution >= 0.6 is 22.9 Å². The molecule has 11 heteroatoms. The molecule has 6 nitrogen and oxygen atoms in total. The largest absolute Gasteiger partial charge is 0.507 e. The molecule has 1 heterocycles. The van der Waals surface area contributed by atoms with Gasteiger partial charge in [-0.15, -0.1) is 11.3 Å². The summed E-state index contributed by atoms with van der Waals surface area (Å²) in [5.74, 6) is -3.49. The van der Waals surface area contributed by atoms with Gasteiger partial charge in [0.15, 0.2) is 0 Å². The fraction of sp³-hybridized carbons (Fsp3) is 0. The number of carboxylic acid groups (broad SMARTS) is 1. The van der Waals surface area contributed by atoms with Crippen molar-refractivity contribution in [3.63, 3.8) is 0 Å². The van der Waals surface area contributed by atoms with Gasteiger partial charge in [0.25, 0.3) is 10.0 Å². The fourth-order valence-corrected chi connectivity index (χ4v) is 5.15. The van der Waals surface area contributed by atoms with E-state index in [0.717, 1.165) is 42.5 Å². The summed E-state index contributed by atoms with van der Waals surface area (Å²) < 4.78 is 54.3. The van der Waals surface area contributed by atoms with Crippen LogP contribution < -0.4 is 4.72 Å². The highest BCUT2D eigenvalue weighted by Crippen LogP contribution is 2.39. The molecule has 0 aliphatic carbocycles. The van der Waals surface area contributed by atoms with Gasteiger partial charge in [-0.3, -0.25) is 4.72 Å². The van der Waals surface area contributed by atoms with E-state index < -0.39 is 38.9 Å². The van der Waals surface area contributed by atoms with Crippen LogP contribution in [0.1, 0.15) is 10.4 Å². The maximum Gasteiger partial charge on any atom is 0.339 e. The molecule has 1 aromatic heterocycles. The zero-order valence-corrected chi connectivity index (χ0v) is 16.0. The van der Waals surface area contributed by atoms with Crippen LogP contribution in [-0.2, 0) is 10.0 Å². The summed E-state index contributed by atoms with van der Waals surface area (Å²) in [5, 5.41) is 18.6. The summed E-state index contributed by atoms with van der Waals surface area (Å²) >= 11 is 6.66. The minimum Gasteiger partial charge on any atom is -0.507 e. The molecule has 0 atom stereocenters. The van der Waals surface area contributed by atoms with Crippen molar-refractivity contribution in [3.8, 4) is 16.9 Å². The first kappa shape index (κ1) is 20.1. The van der Waals surface area contributed by atoms with Gasteiger partial charge in [0.05, 0.1) is 5.69 Å². The van der Waals surface area contributed by atoms with Crippen LogP contribution in [0.4, 0.5) is 14.5 Å². The molecule has 3 N–H and O–H groups in total. The van der Waals surface area contributed by atoms with Crippen LogP contribution in [0.2, 0.25) is 4.34 Å². The maximum absolute atomic E-state index is 14.0. The van der Waals surface area contributed by atoms with Crippen LogP contribution in [0.3, 0.4) is 0 Å². The van der Waals surface area contributed by atoms with Crippen molar-refractivity contribution in [2.75, 3.05) is 4.72 Å². The number of sulfonamides is 1. The summed E-state index contributed by atoms with van der Waals surface area (Å²) in [5.41, 5.74) is -0.671. The van der Waals surface area contributed by atoms with Crippen molar-refractivity contribution >= 4 is 44.6 Å². The SMILES string of the molecule is O=C(O)c1ccc(NS(=O)(=O)c2cc(-c3cc(F)ccc3F)c(Cl)s2)cc1O. The molecule has 0 amide bonds. The third-order valence-corrected chi connectivity index (χ3v) is 6.84. The average molecular weight is 446 g/mol. The van der Waals surface area contributed by atoms with E-state index in [1.807, 2.05) is 0 Å². The first-order chi connectivity index (χ1) is 13.1. The van der Waals surface area contributed by atoms with Crippen molar-refractivity contribution in [3.05, 3.63) is 64.0 Å². The van der Waals surface area contributed by atoms with Crippen LogP contribution in [0.5, 0.6) is 5.75 Å². The second-order valence-electron chi connectivity index (χ2n) is 5.52. The van der Waals surface area contributed by atoms with E-state index >= 15 is 0 Å². The summed E-state index contributed by atoms with van der Waals surface area (Å²) in [6.07, 6.45) is 0. The van der Waals surface area contributed by atoms with E-state index in [-0.39, 0.29) is 25.4 Å². The number of hydrogen-bond acceptors (Lipinski definition) is 5. The Kier molecular flexibility index (Phi) is 5.28. The quantitative estimate of drug-likeness (QED) is 0.534. The lowest BCUT2D eigenvalue weighted by Crippen LogP contribution is -2.11. The summed E-state index contributed by atoms with van der Waals surface area (Å²) in [7, 11) is -4.19. The third-order valence-electron chi connectivity index (χ3n) is 3.63. The van der Waals surface area contributed by atoms with Crippen molar-refractivity contribution in [1.82, 2.24) is 0 Å². The van der Waals surface area contributed by atoms with Gasteiger partial charge in [-0.25, -0.2) is 22.0 Å². The predicted molar refractivity (Wildman–Crippen MR) is 101 cm³/mol. The highest BCUT2D eigenvalue weighted by atomic mass is 35.5. The summed E-state index contributed by atoms with van der Waals surface area (Å²) in [4.78, 5) is 10.9. The van der Waals surface area contributed by atoms with Crippen molar-refractivity contribution < 1.29 is 32.2 Å². The monoisotopic (exact) mass is 445 g/mol. The molecule has 0 fully saturated rings. The molecule has 0 saturated heterocycles. The number of aromatic carboxylic acids is 1. The van der Waals surface area contributed by atoms with Gasteiger partial charge in [0.1, 0.15) is 31.5 Å². The van der Waals surface area contributed by atoms with E-state index in [1.54, 1.807) is 0 Å². The molecule has 3 rings (SSSR count). The number of carbonyl (C=O) groups is 1. The van der Waals surface area contributed by atoms with Crippen LogP contribution in [0, 0.1) is 11.6 Å². The second kappa shape index (κ2) is 7.38. The van der Waals surface area contributed by atoms with Crippen molar-refractivity contribution in [2.45, 2.75) is 4.21 Å². The van der Waals surface area contributed by atoms with Gasteiger partial charge in [0, 0.05) is 17.2 Å². The van der Waals surface area contributed by atoms with Gasteiger partial charge < -0.3 is 10.2 Å². The maximum atomic E-state index is 14.0. The van der Waals surface area contributed by atoms with Gasteiger partial charge in [-0.05, 0) is 36.4 Å². The fourth-order valence-electron chi connectivity index (χ4n) is 2.35. The molecule has 3 aromatic rings. The van der Waals surface area contributed by atoms with Crippen molar-refractivity contribution in [2.24, 2.45) is 0 Å². The lowest BCUT2D eigenvalue weighted by atomic mass is 10.1. The smallest absolute Gasteiger partial charge is 0.339 e. The van der Waals surface area contributed by atoms with E-state index in [9.17, 15) is 27.1 Å². The van der Waals surface area contributed by atoms with E-state index in [2.05, 4.69) is 4.72 Å². The lowest BCUT2D eigenvalue weighted by molar-refractivity contribution is 0.0693. The number of nitrogens with one attached hydrogen (secondary N) is 1. The van der Waals surface area contributed by atoms with Crippen LogP contribution in [-0.4, -0.2) is 24.6 Å². The van der Waals surface area contributed by atoms with Crippen molar-refractivity contribution in [1.29, 1.82) is 0 Å². The minimum absolute atomic E-state index is 0.00751. The Morgan fingerprint density at radius 3 is 2.43 bits per heavy atom. The molecule has 146 valence electrons. The van der Waals surface area contributed by atoms with E-state index in [0.29, 0.717) is 11.3 Å². The third kappa shape index (κ3) is 3.93. The molecule has 0 saturated carbocycles. The Balaban J connectivity index is 1.96. The Bertz CT molecular complexity index is 1190. The Labute approximate surface area is 166 Å². The summed E-state index contributed by atoms with van der Waals surface area (Å²) in [6, 6.07) is 6.94. The number of carboxylic acids is 1. The number of thiophene rings is 1. The molecule has 0 spiro atoms. The Hall–Kier alpha value is -2.69.